The largest absolute Gasteiger partial charge is 0.339 e. The number of nitrogens with zero attached hydrogens (tertiary/aromatic N) is 3. The van der Waals surface area contributed by atoms with Crippen LogP contribution in [0.2, 0.25) is 0 Å². The van der Waals surface area contributed by atoms with Crippen LogP contribution in [0.5, 0.6) is 0 Å². The Kier molecular flexibility index (Phi) is 5.54. The molecular formula is C21H22N4OS2. The van der Waals surface area contributed by atoms with E-state index in [0.29, 0.717) is 10.7 Å². The zero-order chi connectivity index (χ0) is 19.5. The molecule has 1 amide bonds. The number of amides is 1. The molecule has 1 aliphatic rings. The van der Waals surface area contributed by atoms with Gasteiger partial charge in [0.1, 0.15) is 5.82 Å². The van der Waals surface area contributed by atoms with Gasteiger partial charge in [-0.05, 0) is 48.8 Å². The number of aromatic amines is 1. The Morgan fingerprint density at radius 3 is 2.64 bits per heavy atom. The van der Waals surface area contributed by atoms with E-state index in [1.165, 1.54) is 10.4 Å². The van der Waals surface area contributed by atoms with Crippen LogP contribution in [0.15, 0.2) is 48.5 Å². The first kappa shape index (κ1) is 18.8. The zero-order valence-electron chi connectivity index (χ0n) is 15.7. The van der Waals surface area contributed by atoms with Crippen molar-refractivity contribution in [2.45, 2.75) is 18.8 Å². The average molecular weight is 411 g/mol. The predicted molar refractivity (Wildman–Crippen MR) is 116 cm³/mol. The molecule has 1 fully saturated rings. The third kappa shape index (κ3) is 4.00. The van der Waals surface area contributed by atoms with Crippen LogP contribution in [0.4, 0.5) is 0 Å². The van der Waals surface area contributed by atoms with Gasteiger partial charge in [-0.15, -0.1) is 11.3 Å². The Labute approximate surface area is 173 Å². The highest BCUT2D eigenvalue weighted by molar-refractivity contribution is 7.71. The summed E-state index contributed by atoms with van der Waals surface area (Å²) in [5.41, 5.74) is 1.20. The highest BCUT2D eigenvalue weighted by Gasteiger charge is 2.25. The number of carbonyl (C=O) groups excluding carboxylic acids is 1. The third-order valence-electron chi connectivity index (χ3n) is 5.16. The van der Waals surface area contributed by atoms with E-state index < -0.39 is 0 Å². The molecule has 5 nitrogen and oxygen atoms in total. The maximum Gasteiger partial charge on any atom is 0.246 e. The smallest absolute Gasteiger partial charge is 0.246 e. The molecule has 0 unspecified atom stereocenters. The minimum Gasteiger partial charge on any atom is -0.339 e. The maximum atomic E-state index is 12.6. The van der Waals surface area contributed by atoms with Crippen molar-refractivity contribution >= 4 is 35.5 Å². The van der Waals surface area contributed by atoms with Gasteiger partial charge in [-0.25, -0.2) is 0 Å². The number of piperidine rings is 1. The summed E-state index contributed by atoms with van der Waals surface area (Å²) in [7, 11) is 1.94. The molecule has 7 heteroatoms. The summed E-state index contributed by atoms with van der Waals surface area (Å²) in [6.07, 6.45) is 5.42. The number of nitrogens with one attached hydrogen (secondary N) is 1. The fourth-order valence-electron chi connectivity index (χ4n) is 3.54. The number of carbonyl (C=O) groups is 1. The first-order valence-electron chi connectivity index (χ1n) is 9.35. The standard InChI is InChI=1S/C21H22N4OS2/c1-24-20(22-23-21(24)27)16-11-13-25(14-12-16)19(26)10-8-17-7-9-18(28-17)15-5-3-2-4-6-15/h2-10,16H,11-14H2,1H3,(H,23,27)/b10-8+. The summed E-state index contributed by atoms with van der Waals surface area (Å²) < 4.78 is 2.57. The summed E-state index contributed by atoms with van der Waals surface area (Å²) in [5.74, 6) is 1.40. The molecule has 4 rings (SSSR count). The number of rotatable bonds is 4. The second-order valence-electron chi connectivity index (χ2n) is 6.95. The molecule has 3 heterocycles. The van der Waals surface area contributed by atoms with E-state index >= 15 is 0 Å². The van der Waals surface area contributed by atoms with Crippen LogP contribution >= 0.6 is 23.6 Å². The highest BCUT2D eigenvalue weighted by Crippen LogP contribution is 2.29. The lowest BCUT2D eigenvalue weighted by Crippen LogP contribution is -2.37. The SMILES string of the molecule is Cn1c(C2CCN(C(=O)/C=C/c3ccc(-c4ccccc4)s3)CC2)n[nH]c1=S. The molecule has 1 aliphatic heterocycles. The zero-order valence-corrected chi connectivity index (χ0v) is 17.3. The number of benzene rings is 1. The van der Waals surface area contributed by atoms with Crippen molar-refractivity contribution in [3.8, 4) is 10.4 Å². The van der Waals surface area contributed by atoms with E-state index in [4.69, 9.17) is 12.2 Å². The van der Waals surface area contributed by atoms with Gasteiger partial charge in [-0.1, -0.05) is 30.3 Å². The number of hydrogen-bond donors (Lipinski definition) is 1. The van der Waals surface area contributed by atoms with E-state index in [-0.39, 0.29) is 5.91 Å². The van der Waals surface area contributed by atoms with Gasteiger partial charge in [-0.2, -0.15) is 5.10 Å². The third-order valence-corrected chi connectivity index (χ3v) is 6.63. The molecule has 28 heavy (non-hydrogen) atoms. The normalized spacial score (nSPS) is 15.4. The molecule has 0 spiro atoms. The molecule has 0 aliphatic carbocycles. The Hall–Kier alpha value is -2.51. The fraction of sp³-hybridized carbons (Fsp3) is 0.286. The van der Waals surface area contributed by atoms with Crippen LogP contribution in [0.25, 0.3) is 16.5 Å². The van der Waals surface area contributed by atoms with E-state index in [1.807, 2.05) is 40.8 Å². The first-order chi connectivity index (χ1) is 13.6. The number of thiophene rings is 1. The summed E-state index contributed by atoms with van der Waals surface area (Å²) in [6.45, 7) is 1.49. The topological polar surface area (TPSA) is 53.9 Å². The fourth-order valence-corrected chi connectivity index (χ4v) is 4.60. The van der Waals surface area contributed by atoms with Crippen molar-refractivity contribution in [2.75, 3.05) is 13.1 Å². The Morgan fingerprint density at radius 2 is 1.96 bits per heavy atom. The predicted octanol–water partition coefficient (Wildman–Crippen LogP) is 4.63. The van der Waals surface area contributed by atoms with Crippen molar-refractivity contribution in [3.05, 3.63) is 64.0 Å². The summed E-state index contributed by atoms with van der Waals surface area (Å²) >= 11 is 6.89. The highest BCUT2D eigenvalue weighted by atomic mass is 32.1. The first-order valence-corrected chi connectivity index (χ1v) is 10.6. The van der Waals surface area contributed by atoms with Crippen LogP contribution in [-0.2, 0) is 11.8 Å². The molecule has 0 bridgehead atoms. The van der Waals surface area contributed by atoms with Gasteiger partial charge in [-0.3, -0.25) is 9.89 Å². The monoisotopic (exact) mass is 410 g/mol. The molecule has 2 aromatic heterocycles. The summed E-state index contributed by atoms with van der Waals surface area (Å²) in [5, 5.41) is 7.19. The Morgan fingerprint density at radius 1 is 1.21 bits per heavy atom. The van der Waals surface area contributed by atoms with Gasteiger partial charge >= 0.3 is 0 Å². The summed E-state index contributed by atoms with van der Waals surface area (Å²) in [4.78, 5) is 16.8. The summed E-state index contributed by atoms with van der Waals surface area (Å²) in [6, 6.07) is 14.5. The molecule has 1 N–H and O–H groups in total. The van der Waals surface area contributed by atoms with Crippen molar-refractivity contribution in [1.82, 2.24) is 19.7 Å². The average Bonchev–Trinajstić information content (AvgIpc) is 3.34. The maximum absolute atomic E-state index is 12.6. The molecule has 0 radical (unpaired) electrons. The van der Waals surface area contributed by atoms with Gasteiger partial charge in [0.25, 0.3) is 0 Å². The van der Waals surface area contributed by atoms with Gasteiger partial charge in [0, 0.05) is 41.9 Å². The van der Waals surface area contributed by atoms with E-state index in [9.17, 15) is 4.79 Å². The van der Waals surface area contributed by atoms with Crippen molar-refractivity contribution < 1.29 is 4.79 Å². The van der Waals surface area contributed by atoms with Gasteiger partial charge in [0.15, 0.2) is 4.77 Å². The van der Waals surface area contributed by atoms with Crippen molar-refractivity contribution in [2.24, 2.45) is 7.05 Å². The van der Waals surface area contributed by atoms with Crippen LogP contribution in [0, 0.1) is 4.77 Å². The van der Waals surface area contributed by atoms with Gasteiger partial charge in [0.05, 0.1) is 0 Å². The number of H-pyrrole nitrogens is 1. The van der Waals surface area contributed by atoms with Gasteiger partial charge < -0.3 is 9.47 Å². The lowest BCUT2D eigenvalue weighted by molar-refractivity contribution is -0.127. The van der Waals surface area contributed by atoms with Crippen LogP contribution in [0.3, 0.4) is 0 Å². The molecule has 0 saturated carbocycles. The number of likely N-dealkylation sites (tertiary alicyclic amines) is 1. The lowest BCUT2D eigenvalue weighted by atomic mass is 9.96. The molecule has 1 saturated heterocycles. The van der Waals surface area contributed by atoms with Crippen LogP contribution in [0.1, 0.15) is 29.5 Å². The molecule has 144 valence electrons. The second-order valence-corrected chi connectivity index (χ2v) is 8.45. The number of hydrogen-bond acceptors (Lipinski definition) is 4. The Bertz CT molecular complexity index is 1040. The second kappa shape index (κ2) is 8.24. The van der Waals surface area contributed by atoms with E-state index in [1.54, 1.807) is 17.4 Å². The van der Waals surface area contributed by atoms with Crippen molar-refractivity contribution in [3.63, 3.8) is 0 Å². The van der Waals surface area contributed by atoms with Crippen LogP contribution in [-0.4, -0.2) is 38.7 Å². The quantitative estimate of drug-likeness (QED) is 0.504. The van der Waals surface area contributed by atoms with E-state index in [2.05, 4.69) is 34.5 Å². The molecule has 0 atom stereocenters. The molecule has 3 aromatic rings. The van der Waals surface area contributed by atoms with E-state index in [0.717, 1.165) is 36.6 Å². The van der Waals surface area contributed by atoms with Crippen LogP contribution < -0.4 is 0 Å². The lowest BCUT2D eigenvalue weighted by Gasteiger charge is -2.30. The number of aromatic nitrogens is 3. The van der Waals surface area contributed by atoms with Crippen molar-refractivity contribution in [1.29, 1.82) is 0 Å². The minimum atomic E-state index is 0.0727. The Balaban J connectivity index is 1.35. The minimum absolute atomic E-state index is 0.0727. The molecular weight excluding hydrogens is 388 g/mol. The molecule has 1 aromatic carbocycles. The van der Waals surface area contributed by atoms with Gasteiger partial charge in [0.2, 0.25) is 5.91 Å².